The molecule has 0 aliphatic rings. The first-order valence-corrected chi connectivity index (χ1v) is 20.4. The summed E-state index contributed by atoms with van der Waals surface area (Å²) in [4.78, 5) is 97.1. The van der Waals surface area contributed by atoms with Gasteiger partial charge in [-0.15, -0.1) is 0 Å². The van der Waals surface area contributed by atoms with Gasteiger partial charge in [-0.3, -0.25) is 24.0 Å². The number of primary amides is 1. The van der Waals surface area contributed by atoms with Gasteiger partial charge in [0, 0.05) is 49.2 Å². The molecule has 0 unspecified atom stereocenters. The van der Waals surface area contributed by atoms with Gasteiger partial charge in [-0.2, -0.15) is 0 Å². The number of aryl methyl sites for hydroxylation is 1. The molecule has 0 spiro atoms. The fraction of sp³-hybridized carbons (Fsp3) is 0.283. The summed E-state index contributed by atoms with van der Waals surface area (Å²) in [5.41, 5.74) is 9.29. The molecule has 0 aliphatic heterocycles. The van der Waals surface area contributed by atoms with E-state index in [1.165, 1.54) is 7.05 Å². The molecule has 9 N–H and O–H groups in total. The molecule has 4 atom stereocenters. The predicted octanol–water partition coefficient (Wildman–Crippen LogP) is 4.17. The van der Waals surface area contributed by atoms with E-state index in [-0.39, 0.29) is 38.0 Å². The third kappa shape index (κ3) is 13.9. The summed E-state index contributed by atoms with van der Waals surface area (Å²) >= 11 is 0. The van der Waals surface area contributed by atoms with E-state index in [2.05, 4.69) is 31.6 Å². The second-order valence-electron chi connectivity index (χ2n) is 14.9. The van der Waals surface area contributed by atoms with Gasteiger partial charge in [0.2, 0.25) is 23.6 Å². The number of nitrogens with one attached hydrogen (secondary N) is 6. The number of urea groups is 1. The molecular formula is C46H52N8O9. The highest BCUT2D eigenvalue weighted by atomic mass is 16.6. The Hall–Kier alpha value is -7.69. The topological polar surface area (TPSA) is 254 Å². The molecule has 0 fully saturated rings. The van der Waals surface area contributed by atoms with Crippen molar-refractivity contribution in [2.24, 2.45) is 5.73 Å². The van der Waals surface area contributed by atoms with Crippen molar-refractivity contribution < 1.29 is 43.4 Å². The van der Waals surface area contributed by atoms with E-state index >= 15 is 0 Å². The molecule has 63 heavy (non-hydrogen) atoms. The fourth-order valence-corrected chi connectivity index (χ4v) is 6.89. The molecule has 17 nitrogen and oxygen atoms in total. The molecule has 5 aromatic rings. The van der Waals surface area contributed by atoms with Crippen LogP contribution >= 0.6 is 0 Å². The van der Waals surface area contributed by atoms with Crippen molar-refractivity contribution >= 4 is 58.3 Å². The SMILES string of the molecule is Cc1ccccc1NC(=O)NCCCC[C@H](NC(=O)[C@H](Cc1c[nH]c2ccccc12)NC(=O)Oc1ccccc1)C(=O)N(C)[C@@H](CC(=O)O)C(=O)N[C@@H](Cc1ccccc1)C(N)=O. The van der Waals surface area contributed by atoms with Crippen molar-refractivity contribution in [3.8, 4) is 5.75 Å². The number of nitrogens with two attached hydrogens (primary N) is 1. The molecule has 0 saturated carbocycles. The summed E-state index contributed by atoms with van der Waals surface area (Å²) in [6, 6.07) is 25.6. The summed E-state index contributed by atoms with van der Waals surface area (Å²) in [5, 5.41) is 24.1. The number of H-pyrrole nitrogens is 1. The number of anilines is 1. The van der Waals surface area contributed by atoms with E-state index in [9.17, 15) is 38.7 Å². The van der Waals surface area contributed by atoms with Gasteiger partial charge in [0.25, 0.3) is 0 Å². The van der Waals surface area contributed by atoms with Crippen LogP contribution in [0.3, 0.4) is 0 Å². The number of nitrogens with zero attached hydrogens (tertiary/aromatic N) is 1. The lowest BCUT2D eigenvalue weighted by molar-refractivity contribution is -0.147. The van der Waals surface area contributed by atoms with Crippen LogP contribution in [-0.2, 0) is 36.8 Å². The summed E-state index contributed by atoms with van der Waals surface area (Å²) in [6.07, 6.45) is 0.495. The second kappa shape index (κ2) is 22.8. The van der Waals surface area contributed by atoms with Crippen molar-refractivity contribution in [3.63, 3.8) is 0 Å². The summed E-state index contributed by atoms with van der Waals surface area (Å²) in [5.74, 6) is -4.62. The lowest BCUT2D eigenvalue weighted by Crippen LogP contribution is -2.59. The average molecular weight is 861 g/mol. The highest BCUT2D eigenvalue weighted by Crippen LogP contribution is 2.20. The Morgan fingerprint density at radius 3 is 2.10 bits per heavy atom. The Kier molecular flexibility index (Phi) is 16.8. The van der Waals surface area contributed by atoms with Crippen LogP contribution in [0.5, 0.6) is 5.75 Å². The maximum atomic E-state index is 14.5. The summed E-state index contributed by atoms with van der Waals surface area (Å²) in [7, 11) is 1.22. The van der Waals surface area contributed by atoms with Gasteiger partial charge in [-0.05, 0) is 67.1 Å². The zero-order valence-electron chi connectivity index (χ0n) is 35.0. The number of unbranched alkanes of at least 4 members (excludes halogenated alkanes) is 1. The number of carbonyl (C=O) groups is 7. The molecular weight excluding hydrogens is 809 g/mol. The number of fused-ring (bicyclic) bond motifs is 1. The average Bonchev–Trinajstić information content (AvgIpc) is 3.67. The van der Waals surface area contributed by atoms with Crippen LogP contribution in [0.25, 0.3) is 10.9 Å². The van der Waals surface area contributed by atoms with E-state index in [4.69, 9.17) is 10.5 Å². The van der Waals surface area contributed by atoms with Crippen LogP contribution in [-0.4, -0.2) is 94.5 Å². The van der Waals surface area contributed by atoms with Crippen molar-refractivity contribution in [2.45, 2.75) is 69.6 Å². The third-order valence-electron chi connectivity index (χ3n) is 10.3. The van der Waals surface area contributed by atoms with Crippen molar-refractivity contribution in [1.82, 2.24) is 31.2 Å². The molecule has 0 aliphatic carbocycles. The molecule has 4 aromatic carbocycles. The number of ether oxygens (including phenoxy) is 1. The molecule has 0 saturated heterocycles. The number of hydrogen-bond donors (Lipinski definition) is 8. The Balaban J connectivity index is 1.36. The minimum Gasteiger partial charge on any atom is -0.481 e. The summed E-state index contributed by atoms with van der Waals surface area (Å²) in [6.45, 7) is 2.05. The molecule has 7 amide bonds. The molecule has 330 valence electrons. The molecule has 17 heteroatoms. The molecule has 0 radical (unpaired) electrons. The van der Waals surface area contributed by atoms with Crippen LogP contribution in [0.2, 0.25) is 0 Å². The standard InChI is InChI=1S/C46H52N8O9/c1-29-15-9-11-21-34(29)52-45(61)48-24-14-13-23-36(44(60)54(2)39(27-40(55)56)43(59)51-37(41(47)57)25-30-16-5-3-6-17-30)50-42(58)38(53-46(62)63-32-18-7-4-8-19-32)26-31-28-49-35-22-12-10-20-33(31)35/h3-12,15-22,28,36-39,49H,13-14,23-27H2,1-2H3,(H2,47,57)(H,50,58)(H,51,59)(H,53,62)(H,55,56)(H2,48,52,61)/t36-,37-,38-,39-/m0/s1. The van der Waals surface area contributed by atoms with Gasteiger partial charge in [0.05, 0.1) is 6.42 Å². The number of aromatic amines is 1. The van der Waals surface area contributed by atoms with E-state index < -0.39 is 72.3 Å². The maximum Gasteiger partial charge on any atom is 0.413 e. The first-order chi connectivity index (χ1) is 30.3. The normalized spacial score (nSPS) is 12.7. The van der Waals surface area contributed by atoms with Crippen LogP contribution in [0.1, 0.15) is 42.4 Å². The minimum absolute atomic E-state index is 0.00653. The van der Waals surface area contributed by atoms with Gasteiger partial charge < -0.3 is 52.0 Å². The van der Waals surface area contributed by atoms with E-state index in [1.54, 1.807) is 79.0 Å². The van der Waals surface area contributed by atoms with Gasteiger partial charge in [-0.25, -0.2) is 9.59 Å². The fourth-order valence-electron chi connectivity index (χ4n) is 6.89. The molecule has 1 aromatic heterocycles. The van der Waals surface area contributed by atoms with Gasteiger partial charge in [0.1, 0.15) is 29.9 Å². The number of likely N-dealkylation sites (N-methyl/N-ethyl adjacent to an activating group) is 1. The van der Waals surface area contributed by atoms with Crippen LogP contribution < -0.4 is 37.1 Å². The number of rotatable bonds is 21. The van der Waals surface area contributed by atoms with Gasteiger partial charge >= 0.3 is 18.1 Å². The minimum atomic E-state index is -1.64. The molecule has 5 rings (SSSR count). The zero-order chi connectivity index (χ0) is 45.3. The largest absolute Gasteiger partial charge is 0.481 e. The third-order valence-corrected chi connectivity index (χ3v) is 10.3. The van der Waals surface area contributed by atoms with Crippen molar-refractivity contribution in [3.05, 3.63) is 132 Å². The Morgan fingerprint density at radius 2 is 1.40 bits per heavy atom. The van der Waals surface area contributed by atoms with E-state index in [0.29, 0.717) is 23.2 Å². The Morgan fingerprint density at radius 1 is 0.746 bits per heavy atom. The van der Waals surface area contributed by atoms with Crippen molar-refractivity contribution in [2.75, 3.05) is 18.9 Å². The summed E-state index contributed by atoms with van der Waals surface area (Å²) < 4.78 is 5.44. The Bertz CT molecular complexity index is 2370. The second-order valence-corrected chi connectivity index (χ2v) is 14.9. The maximum absolute atomic E-state index is 14.5. The first-order valence-electron chi connectivity index (χ1n) is 20.4. The van der Waals surface area contributed by atoms with Crippen LogP contribution in [0, 0.1) is 6.92 Å². The monoisotopic (exact) mass is 860 g/mol. The molecule has 1 heterocycles. The lowest BCUT2D eigenvalue weighted by Gasteiger charge is -2.31. The number of carboxylic acid groups (broad SMARTS) is 1. The highest BCUT2D eigenvalue weighted by Gasteiger charge is 2.36. The number of para-hydroxylation sites is 3. The zero-order valence-corrected chi connectivity index (χ0v) is 35.0. The quantitative estimate of drug-likeness (QED) is 0.0493. The van der Waals surface area contributed by atoms with Gasteiger partial charge in [-0.1, -0.05) is 84.9 Å². The van der Waals surface area contributed by atoms with E-state index in [0.717, 1.165) is 21.4 Å². The first kappa shape index (κ1) is 46.4. The van der Waals surface area contributed by atoms with E-state index in [1.807, 2.05) is 43.3 Å². The number of benzene rings is 4. The van der Waals surface area contributed by atoms with Crippen LogP contribution in [0.4, 0.5) is 15.3 Å². The number of carbonyl (C=O) groups excluding carboxylic acids is 6. The number of aromatic nitrogens is 1. The number of amides is 7. The number of carboxylic acids is 1. The lowest BCUT2D eigenvalue weighted by atomic mass is 10.0. The predicted molar refractivity (Wildman–Crippen MR) is 235 cm³/mol. The van der Waals surface area contributed by atoms with Crippen molar-refractivity contribution in [1.29, 1.82) is 0 Å². The Labute approximate surface area is 364 Å². The van der Waals surface area contributed by atoms with Gasteiger partial charge in [0.15, 0.2) is 0 Å². The van der Waals surface area contributed by atoms with Crippen LogP contribution in [0.15, 0.2) is 115 Å². The smallest absolute Gasteiger partial charge is 0.413 e. The number of hydrogen-bond acceptors (Lipinski definition) is 8. The highest BCUT2D eigenvalue weighted by molar-refractivity contribution is 5.97. The number of aliphatic carboxylic acids is 1. The molecule has 0 bridgehead atoms.